The van der Waals surface area contributed by atoms with E-state index in [2.05, 4.69) is 22.0 Å². The average Bonchev–Trinajstić information content (AvgIpc) is 2.94. The molecule has 1 unspecified atom stereocenters. The molecule has 2 heterocycles. The molecule has 3 rings (SSSR count). The lowest BCUT2D eigenvalue weighted by molar-refractivity contribution is -0.138. The number of rotatable bonds is 3. The van der Waals surface area contributed by atoms with Gasteiger partial charge in [0.25, 0.3) is 0 Å². The van der Waals surface area contributed by atoms with Crippen molar-refractivity contribution in [1.82, 2.24) is 15.1 Å². The van der Waals surface area contributed by atoms with Crippen LogP contribution in [0.3, 0.4) is 0 Å². The molecule has 4 nitrogen and oxygen atoms in total. The standard InChI is InChI=1S/C17H31N3O/c1-17(7-8-18-13-17)14-19-9-11-20(12-10-19)16(21)15-5-3-2-4-6-15/h15,18H,2-14H2,1H3. The minimum absolute atomic E-state index is 0.335. The fraction of sp³-hybridized carbons (Fsp3) is 0.941. The zero-order valence-corrected chi connectivity index (χ0v) is 13.6. The van der Waals surface area contributed by atoms with Gasteiger partial charge in [0, 0.05) is 45.2 Å². The molecule has 0 spiro atoms. The molecule has 4 heteroatoms. The Kier molecular flexibility index (Phi) is 4.85. The highest BCUT2D eigenvalue weighted by molar-refractivity contribution is 5.79. The number of carbonyl (C=O) groups is 1. The third kappa shape index (κ3) is 3.78. The summed E-state index contributed by atoms with van der Waals surface area (Å²) in [5.41, 5.74) is 0.440. The summed E-state index contributed by atoms with van der Waals surface area (Å²) in [7, 11) is 0. The van der Waals surface area contributed by atoms with Gasteiger partial charge in [-0.1, -0.05) is 26.2 Å². The van der Waals surface area contributed by atoms with Crippen LogP contribution in [0.5, 0.6) is 0 Å². The molecule has 120 valence electrons. The highest BCUT2D eigenvalue weighted by Gasteiger charge is 2.33. The van der Waals surface area contributed by atoms with E-state index >= 15 is 0 Å². The van der Waals surface area contributed by atoms with E-state index in [0.29, 0.717) is 17.2 Å². The lowest BCUT2D eigenvalue weighted by atomic mass is 9.87. The maximum atomic E-state index is 12.6. The molecule has 0 bridgehead atoms. The fourth-order valence-corrected chi connectivity index (χ4v) is 4.28. The Balaban J connectivity index is 1.45. The summed E-state index contributed by atoms with van der Waals surface area (Å²) < 4.78 is 0. The van der Waals surface area contributed by atoms with Gasteiger partial charge in [-0.2, -0.15) is 0 Å². The number of carbonyl (C=O) groups excluding carboxylic acids is 1. The molecule has 1 N–H and O–H groups in total. The maximum Gasteiger partial charge on any atom is 0.225 e. The molecule has 2 saturated heterocycles. The molecule has 3 fully saturated rings. The minimum Gasteiger partial charge on any atom is -0.340 e. The fourth-order valence-electron chi connectivity index (χ4n) is 4.28. The van der Waals surface area contributed by atoms with Crippen LogP contribution in [-0.2, 0) is 4.79 Å². The summed E-state index contributed by atoms with van der Waals surface area (Å²) in [6.07, 6.45) is 7.37. The van der Waals surface area contributed by atoms with Crippen LogP contribution in [0.1, 0.15) is 45.4 Å². The molecular weight excluding hydrogens is 262 g/mol. The maximum absolute atomic E-state index is 12.6. The third-order valence-electron chi connectivity index (χ3n) is 5.70. The monoisotopic (exact) mass is 293 g/mol. The average molecular weight is 293 g/mol. The topological polar surface area (TPSA) is 35.6 Å². The highest BCUT2D eigenvalue weighted by Crippen LogP contribution is 2.28. The first kappa shape index (κ1) is 15.3. The SMILES string of the molecule is CC1(CN2CCN(C(=O)C3CCCCC3)CC2)CCNC1. The Morgan fingerprint density at radius 2 is 1.86 bits per heavy atom. The first-order valence-electron chi connectivity index (χ1n) is 8.88. The molecule has 1 aliphatic carbocycles. The van der Waals surface area contributed by atoms with Crippen molar-refractivity contribution in [1.29, 1.82) is 0 Å². The van der Waals surface area contributed by atoms with Crippen molar-refractivity contribution in [3.63, 3.8) is 0 Å². The highest BCUT2D eigenvalue weighted by atomic mass is 16.2. The summed E-state index contributed by atoms with van der Waals surface area (Å²) >= 11 is 0. The second kappa shape index (κ2) is 6.66. The van der Waals surface area contributed by atoms with Gasteiger partial charge in [-0.15, -0.1) is 0 Å². The van der Waals surface area contributed by atoms with Crippen molar-refractivity contribution < 1.29 is 4.79 Å². The van der Waals surface area contributed by atoms with Gasteiger partial charge in [0.1, 0.15) is 0 Å². The van der Waals surface area contributed by atoms with Gasteiger partial charge in [0.05, 0.1) is 0 Å². The number of nitrogens with one attached hydrogen (secondary N) is 1. The largest absolute Gasteiger partial charge is 0.340 e. The molecule has 21 heavy (non-hydrogen) atoms. The number of amides is 1. The molecule has 1 amide bonds. The van der Waals surface area contributed by atoms with Gasteiger partial charge in [-0.3, -0.25) is 9.69 Å². The van der Waals surface area contributed by atoms with E-state index in [9.17, 15) is 4.79 Å². The van der Waals surface area contributed by atoms with Crippen LogP contribution in [0.15, 0.2) is 0 Å². The lowest BCUT2D eigenvalue weighted by Gasteiger charge is -2.40. The van der Waals surface area contributed by atoms with E-state index in [-0.39, 0.29) is 0 Å². The van der Waals surface area contributed by atoms with E-state index in [0.717, 1.165) is 52.1 Å². The van der Waals surface area contributed by atoms with E-state index in [4.69, 9.17) is 0 Å². The molecule has 3 aliphatic rings. The van der Waals surface area contributed by atoms with Crippen LogP contribution in [0.2, 0.25) is 0 Å². The summed E-state index contributed by atoms with van der Waals surface area (Å²) in [6, 6.07) is 0. The summed E-state index contributed by atoms with van der Waals surface area (Å²) in [6.45, 7) is 9.91. The zero-order chi connectivity index (χ0) is 14.7. The minimum atomic E-state index is 0.335. The zero-order valence-electron chi connectivity index (χ0n) is 13.6. The number of piperazine rings is 1. The second-order valence-electron chi connectivity index (χ2n) is 7.67. The predicted octanol–water partition coefficient (Wildman–Crippen LogP) is 1.71. The van der Waals surface area contributed by atoms with Gasteiger partial charge in [-0.25, -0.2) is 0 Å². The first-order chi connectivity index (χ1) is 10.2. The van der Waals surface area contributed by atoms with E-state index in [1.54, 1.807) is 0 Å². The van der Waals surface area contributed by atoms with Crippen molar-refractivity contribution in [3.8, 4) is 0 Å². The first-order valence-corrected chi connectivity index (χ1v) is 8.88. The van der Waals surface area contributed by atoms with Crippen LogP contribution >= 0.6 is 0 Å². The van der Waals surface area contributed by atoms with Crippen LogP contribution in [0.25, 0.3) is 0 Å². The molecule has 2 aliphatic heterocycles. The van der Waals surface area contributed by atoms with E-state index < -0.39 is 0 Å². The molecule has 0 aromatic heterocycles. The normalized spacial score (nSPS) is 32.5. The smallest absolute Gasteiger partial charge is 0.225 e. The van der Waals surface area contributed by atoms with Crippen LogP contribution in [-0.4, -0.2) is 61.5 Å². The predicted molar refractivity (Wildman–Crippen MR) is 85.2 cm³/mol. The molecular formula is C17H31N3O. The van der Waals surface area contributed by atoms with E-state index in [1.165, 1.54) is 32.2 Å². The Hall–Kier alpha value is -0.610. The molecule has 0 radical (unpaired) electrons. The molecule has 1 saturated carbocycles. The quantitative estimate of drug-likeness (QED) is 0.860. The van der Waals surface area contributed by atoms with E-state index in [1.807, 2.05) is 0 Å². The lowest BCUT2D eigenvalue weighted by Crippen LogP contribution is -2.52. The number of hydrogen-bond donors (Lipinski definition) is 1. The van der Waals surface area contributed by atoms with Gasteiger partial charge >= 0.3 is 0 Å². The van der Waals surface area contributed by atoms with Crippen molar-refractivity contribution >= 4 is 5.91 Å². The molecule has 0 aromatic carbocycles. The Morgan fingerprint density at radius 3 is 2.48 bits per heavy atom. The van der Waals surface area contributed by atoms with Crippen molar-refractivity contribution in [2.75, 3.05) is 45.8 Å². The van der Waals surface area contributed by atoms with Gasteiger partial charge < -0.3 is 10.2 Å². The van der Waals surface area contributed by atoms with Gasteiger partial charge in [0.2, 0.25) is 5.91 Å². The molecule has 1 atom stereocenters. The van der Waals surface area contributed by atoms with Gasteiger partial charge in [-0.05, 0) is 31.2 Å². The Bertz CT molecular complexity index is 351. The summed E-state index contributed by atoms with van der Waals surface area (Å²) in [5, 5.41) is 3.48. The van der Waals surface area contributed by atoms with Crippen LogP contribution in [0, 0.1) is 11.3 Å². The van der Waals surface area contributed by atoms with Crippen LogP contribution < -0.4 is 5.32 Å². The Labute approximate surface area is 129 Å². The van der Waals surface area contributed by atoms with Crippen LogP contribution in [0.4, 0.5) is 0 Å². The summed E-state index contributed by atoms with van der Waals surface area (Å²) in [5.74, 6) is 0.782. The number of hydrogen-bond acceptors (Lipinski definition) is 3. The Morgan fingerprint density at radius 1 is 1.14 bits per heavy atom. The third-order valence-corrected chi connectivity index (χ3v) is 5.70. The van der Waals surface area contributed by atoms with Gasteiger partial charge in [0.15, 0.2) is 0 Å². The second-order valence-corrected chi connectivity index (χ2v) is 7.67. The number of nitrogens with zero attached hydrogens (tertiary/aromatic N) is 2. The van der Waals surface area contributed by atoms with Crippen molar-refractivity contribution in [2.45, 2.75) is 45.4 Å². The summed E-state index contributed by atoms with van der Waals surface area (Å²) in [4.78, 5) is 17.3. The molecule has 0 aromatic rings. The van der Waals surface area contributed by atoms with Crippen molar-refractivity contribution in [3.05, 3.63) is 0 Å². The van der Waals surface area contributed by atoms with Crippen molar-refractivity contribution in [2.24, 2.45) is 11.3 Å².